The van der Waals surface area contributed by atoms with Gasteiger partial charge in [-0.2, -0.15) is 0 Å². The Labute approximate surface area is 195 Å². The summed E-state index contributed by atoms with van der Waals surface area (Å²) in [6.45, 7) is 3.63. The lowest BCUT2D eigenvalue weighted by Gasteiger charge is -2.19. The van der Waals surface area contributed by atoms with Crippen LogP contribution in [0.5, 0.6) is 5.75 Å². The van der Waals surface area contributed by atoms with Crippen molar-refractivity contribution in [3.8, 4) is 5.75 Å². The molecule has 0 bridgehead atoms. The Bertz CT molecular complexity index is 1240. The van der Waals surface area contributed by atoms with Gasteiger partial charge in [0.25, 0.3) is 5.56 Å². The number of amides is 2. The molecule has 0 aliphatic rings. The van der Waals surface area contributed by atoms with E-state index in [1.54, 1.807) is 43.3 Å². The maximum Gasteiger partial charge on any atom is 0.319 e. The molecule has 0 saturated carbocycles. The first-order valence-electron chi connectivity index (χ1n) is 10.2. The first kappa shape index (κ1) is 23.9. The van der Waals surface area contributed by atoms with E-state index in [4.69, 9.17) is 11.6 Å². The van der Waals surface area contributed by atoms with Crippen LogP contribution in [0.3, 0.4) is 0 Å². The molecule has 2 aromatic carbocycles. The number of aliphatic carboxylic acids is 1. The third-order valence-electron chi connectivity index (χ3n) is 5.14. The maximum absolute atomic E-state index is 13.0. The molecule has 172 valence electrons. The second-order valence-corrected chi connectivity index (χ2v) is 8.13. The average Bonchev–Trinajstić information content (AvgIpc) is 2.76. The van der Waals surface area contributed by atoms with Crippen molar-refractivity contribution in [2.45, 2.75) is 32.9 Å². The van der Waals surface area contributed by atoms with Crippen molar-refractivity contribution in [1.29, 1.82) is 0 Å². The zero-order valence-electron chi connectivity index (χ0n) is 18.1. The molecule has 0 aliphatic heterocycles. The van der Waals surface area contributed by atoms with Gasteiger partial charge in [0, 0.05) is 16.8 Å². The van der Waals surface area contributed by atoms with E-state index >= 15 is 0 Å². The van der Waals surface area contributed by atoms with Crippen LogP contribution >= 0.6 is 11.6 Å². The highest BCUT2D eigenvalue weighted by atomic mass is 35.5. The monoisotopic (exact) mass is 469 g/mol. The highest BCUT2D eigenvalue weighted by Gasteiger charge is 2.21. The molecule has 0 fully saturated rings. The summed E-state index contributed by atoms with van der Waals surface area (Å²) in [5.74, 6) is -1.46. The standard InChI is InChI=1S/C24H24ClN3O5/c1-14-7-9-16(10-8-14)19(11-20(29)30)26-24(33)27-21-22(31)15(2)12-28(23(21)32)13-17-5-3-4-6-18(17)25/h3-10,12,19,31H,11,13H2,1-2H3,(H,29,30)(H2,26,27,33). The fourth-order valence-electron chi connectivity index (χ4n) is 3.37. The second-order valence-electron chi connectivity index (χ2n) is 7.72. The number of hydrogen-bond donors (Lipinski definition) is 4. The molecule has 0 radical (unpaired) electrons. The van der Waals surface area contributed by atoms with Gasteiger partial charge in [-0.3, -0.25) is 9.59 Å². The lowest BCUT2D eigenvalue weighted by atomic mass is 10.0. The molecule has 1 heterocycles. The number of nitrogens with one attached hydrogen (secondary N) is 2. The van der Waals surface area contributed by atoms with Crippen LogP contribution in [0, 0.1) is 13.8 Å². The minimum Gasteiger partial charge on any atom is -0.505 e. The molecule has 3 rings (SSSR count). The third kappa shape index (κ3) is 5.93. The van der Waals surface area contributed by atoms with Gasteiger partial charge in [0.15, 0.2) is 5.69 Å². The zero-order chi connectivity index (χ0) is 24.1. The SMILES string of the molecule is Cc1ccc(C(CC(=O)O)NC(=O)Nc2c(O)c(C)cn(Cc3ccccc3Cl)c2=O)cc1. The Hall–Kier alpha value is -3.78. The number of aromatic hydroxyl groups is 1. The number of aromatic nitrogens is 1. The number of hydrogen-bond acceptors (Lipinski definition) is 4. The lowest BCUT2D eigenvalue weighted by molar-refractivity contribution is -0.137. The molecule has 1 aromatic heterocycles. The Kier molecular flexibility index (Phi) is 7.40. The van der Waals surface area contributed by atoms with Gasteiger partial charge in [-0.1, -0.05) is 59.6 Å². The van der Waals surface area contributed by atoms with Crippen molar-refractivity contribution >= 4 is 29.3 Å². The van der Waals surface area contributed by atoms with Crippen molar-refractivity contribution in [2.75, 3.05) is 5.32 Å². The molecule has 1 unspecified atom stereocenters. The summed E-state index contributed by atoms with van der Waals surface area (Å²) in [7, 11) is 0. The summed E-state index contributed by atoms with van der Waals surface area (Å²) in [5.41, 5.74) is 1.72. The van der Waals surface area contributed by atoms with E-state index in [0.717, 1.165) is 5.56 Å². The van der Waals surface area contributed by atoms with Crippen LogP contribution in [0.25, 0.3) is 0 Å². The Morgan fingerprint density at radius 2 is 1.76 bits per heavy atom. The molecule has 9 heteroatoms. The van der Waals surface area contributed by atoms with Crippen LogP contribution in [-0.4, -0.2) is 26.8 Å². The van der Waals surface area contributed by atoms with E-state index in [9.17, 15) is 24.6 Å². The summed E-state index contributed by atoms with van der Waals surface area (Å²) >= 11 is 6.20. The van der Waals surface area contributed by atoms with E-state index in [-0.39, 0.29) is 24.4 Å². The predicted octanol–water partition coefficient (Wildman–Crippen LogP) is 4.21. The van der Waals surface area contributed by atoms with Gasteiger partial charge >= 0.3 is 12.0 Å². The number of rotatable bonds is 7. The van der Waals surface area contributed by atoms with E-state index in [1.807, 2.05) is 19.1 Å². The van der Waals surface area contributed by atoms with Crippen LogP contribution < -0.4 is 16.2 Å². The number of pyridine rings is 1. The van der Waals surface area contributed by atoms with Gasteiger partial charge in [0.1, 0.15) is 5.75 Å². The van der Waals surface area contributed by atoms with Crippen LogP contribution in [0.1, 0.15) is 34.7 Å². The molecule has 0 spiro atoms. The summed E-state index contributed by atoms with van der Waals surface area (Å²) < 4.78 is 1.33. The normalized spacial score (nSPS) is 11.6. The van der Waals surface area contributed by atoms with Crippen molar-refractivity contribution in [1.82, 2.24) is 9.88 Å². The van der Waals surface area contributed by atoms with E-state index in [1.165, 1.54) is 10.8 Å². The zero-order valence-corrected chi connectivity index (χ0v) is 18.9. The number of carboxylic acid groups (broad SMARTS) is 1. The number of aryl methyl sites for hydroxylation is 2. The van der Waals surface area contributed by atoms with Crippen LogP contribution in [-0.2, 0) is 11.3 Å². The van der Waals surface area contributed by atoms with Gasteiger partial charge in [0.2, 0.25) is 0 Å². The quantitative estimate of drug-likeness (QED) is 0.413. The van der Waals surface area contributed by atoms with Crippen LogP contribution in [0.2, 0.25) is 5.02 Å². The van der Waals surface area contributed by atoms with Gasteiger partial charge < -0.3 is 25.4 Å². The minimum absolute atomic E-state index is 0.140. The molecule has 4 N–H and O–H groups in total. The molecule has 0 saturated heterocycles. The highest BCUT2D eigenvalue weighted by molar-refractivity contribution is 6.31. The summed E-state index contributed by atoms with van der Waals surface area (Å²) in [6, 6.07) is 12.5. The lowest BCUT2D eigenvalue weighted by Crippen LogP contribution is -2.36. The largest absolute Gasteiger partial charge is 0.505 e. The summed E-state index contributed by atoms with van der Waals surface area (Å²) in [4.78, 5) is 37.0. The first-order chi connectivity index (χ1) is 15.7. The van der Waals surface area contributed by atoms with Gasteiger partial charge in [-0.25, -0.2) is 4.79 Å². The number of halogens is 1. The van der Waals surface area contributed by atoms with Gasteiger partial charge in [-0.15, -0.1) is 0 Å². The van der Waals surface area contributed by atoms with Crippen molar-refractivity contribution in [3.05, 3.63) is 92.4 Å². The molecule has 8 nitrogen and oxygen atoms in total. The molecule has 3 aromatic rings. The molecular formula is C24H24ClN3O5. The smallest absolute Gasteiger partial charge is 0.319 e. The first-order valence-corrected chi connectivity index (χ1v) is 10.6. The minimum atomic E-state index is -1.10. The Morgan fingerprint density at radius 1 is 1.09 bits per heavy atom. The number of carboxylic acids is 1. The highest BCUT2D eigenvalue weighted by Crippen LogP contribution is 2.25. The number of urea groups is 1. The molecular weight excluding hydrogens is 446 g/mol. The molecule has 33 heavy (non-hydrogen) atoms. The number of benzene rings is 2. The third-order valence-corrected chi connectivity index (χ3v) is 5.50. The number of carbonyl (C=O) groups excluding carboxylic acids is 1. The maximum atomic E-state index is 13.0. The number of anilines is 1. The van der Waals surface area contributed by atoms with Crippen LogP contribution in [0.4, 0.5) is 10.5 Å². The molecule has 2 amide bonds. The van der Waals surface area contributed by atoms with Crippen molar-refractivity contribution in [2.24, 2.45) is 0 Å². The van der Waals surface area contributed by atoms with E-state index < -0.39 is 23.6 Å². The van der Waals surface area contributed by atoms with Crippen molar-refractivity contribution in [3.63, 3.8) is 0 Å². The van der Waals surface area contributed by atoms with E-state index in [2.05, 4.69) is 10.6 Å². The number of nitrogens with zero attached hydrogens (tertiary/aromatic N) is 1. The second kappa shape index (κ2) is 10.2. The molecule has 1 atom stereocenters. The van der Waals surface area contributed by atoms with Crippen LogP contribution in [0.15, 0.2) is 59.5 Å². The van der Waals surface area contributed by atoms with Gasteiger partial charge in [0.05, 0.1) is 19.0 Å². The predicted molar refractivity (Wildman–Crippen MR) is 126 cm³/mol. The average molecular weight is 470 g/mol. The topological polar surface area (TPSA) is 121 Å². The molecule has 0 aliphatic carbocycles. The van der Waals surface area contributed by atoms with Crippen molar-refractivity contribution < 1.29 is 19.8 Å². The Balaban J connectivity index is 1.86. The summed E-state index contributed by atoms with van der Waals surface area (Å²) in [6.07, 6.45) is 1.12. The Morgan fingerprint density at radius 3 is 2.39 bits per heavy atom. The summed E-state index contributed by atoms with van der Waals surface area (Å²) in [5, 5.41) is 25.1. The number of carbonyl (C=O) groups is 2. The fraction of sp³-hybridized carbons (Fsp3) is 0.208. The van der Waals surface area contributed by atoms with Gasteiger partial charge in [-0.05, 0) is 31.0 Å². The van der Waals surface area contributed by atoms with E-state index in [0.29, 0.717) is 21.7 Å². The fourth-order valence-corrected chi connectivity index (χ4v) is 3.56.